The van der Waals surface area contributed by atoms with Crippen LogP contribution in [0, 0.1) is 5.41 Å². The summed E-state index contributed by atoms with van der Waals surface area (Å²) in [5, 5.41) is 6.43. The SMILES string of the molecule is CCCC(=O)Nc1ccc(CNC(=NC)N2CCC3(CCCC3)C2)cc1. The highest BCUT2D eigenvalue weighted by molar-refractivity contribution is 5.90. The topological polar surface area (TPSA) is 56.7 Å². The van der Waals surface area contributed by atoms with Crippen molar-refractivity contribution in [2.24, 2.45) is 10.4 Å². The minimum atomic E-state index is 0.0775. The Balaban J connectivity index is 1.50. The van der Waals surface area contributed by atoms with Crippen molar-refractivity contribution in [2.45, 2.75) is 58.4 Å². The highest BCUT2D eigenvalue weighted by atomic mass is 16.1. The first-order chi connectivity index (χ1) is 12.6. The van der Waals surface area contributed by atoms with Crippen LogP contribution < -0.4 is 10.6 Å². The molecule has 5 heteroatoms. The minimum Gasteiger partial charge on any atom is -0.352 e. The Morgan fingerprint density at radius 2 is 1.92 bits per heavy atom. The second-order valence-electron chi connectivity index (χ2n) is 7.77. The van der Waals surface area contributed by atoms with Crippen LogP contribution in [-0.4, -0.2) is 36.9 Å². The molecule has 5 nitrogen and oxygen atoms in total. The predicted molar refractivity (Wildman–Crippen MR) is 107 cm³/mol. The van der Waals surface area contributed by atoms with Crippen LogP contribution in [0.1, 0.15) is 57.4 Å². The maximum atomic E-state index is 11.7. The number of nitrogens with zero attached hydrogens (tertiary/aromatic N) is 2. The number of carbonyl (C=O) groups excluding carboxylic acids is 1. The van der Waals surface area contributed by atoms with Gasteiger partial charge in [0.25, 0.3) is 0 Å². The zero-order valence-electron chi connectivity index (χ0n) is 16.2. The zero-order valence-corrected chi connectivity index (χ0v) is 16.2. The fourth-order valence-electron chi connectivity index (χ4n) is 4.32. The van der Waals surface area contributed by atoms with Gasteiger partial charge in [-0.25, -0.2) is 0 Å². The van der Waals surface area contributed by atoms with E-state index in [2.05, 4.69) is 32.7 Å². The molecule has 1 aliphatic carbocycles. The van der Waals surface area contributed by atoms with Gasteiger partial charge in [0.15, 0.2) is 5.96 Å². The highest BCUT2D eigenvalue weighted by Crippen LogP contribution is 2.45. The lowest BCUT2D eigenvalue weighted by Crippen LogP contribution is -2.40. The van der Waals surface area contributed by atoms with Crippen LogP contribution in [0.5, 0.6) is 0 Å². The Hall–Kier alpha value is -2.04. The molecule has 1 aromatic carbocycles. The number of hydrogen-bond acceptors (Lipinski definition) is 2. The summed E-state index contributed by atoms with van der Waals surface area (Å²) >= 11 is 0. The molecular formula is C21H32N4O. The van der Waals surface area contributed by atoms with E-state index in [1.54, 1.807) is 0 Å². The summed E-state index contributed by atoms with van der Waals surface area (Å²) in [5.41, 5.74) is 2.60. The smallest absolute Gasteiger partial charge is 0.224 e. The van der Waals surface area contributed by atoms with E-state index in [9.17, 15) is 4.79 Å². The maximum absolute atomic E-state index is 11.7. The second-order valence-corrected chi connectivity index (χ2v) is 7.77. The molecule has 1 saturated carbocycles. The third-order valence-corrected chi connectivity index (χ3v) is 5.78. The van der Waals surface area contributed by atoms with Gasteiger partial charge in [-0.3, -0.25) is 9.79 Å². The molecule has 1 spiro atoms. The lowest BCUT2D eigenvalue weighted by Gasteiger charge is -2.26. The molecule has 0 unspecified atom stereocenters. The summed E-state index contributed by atoms with van der Waals surface area (Å²) in [6.07, 6.45) is 8.28. The molecule has 1 aromatic rings. The van der Waals surface area contributed by atoms with Gasteiger partial charge in [-0.15, -0.1) is 0 Å². The lowest BCUT2D eigenvalue weighted by atomic mass is 9.86. The number of benzene rings is 1. The van der Waals surface area contributed by atoms with Crippen molar-refractivity contribution in [3.8, 4) is 0 Å². The zero-order chi connectivity index (χ0) is 18.4. The van der Waals surface area contributed by atoms with Gasteiger partial charge >= 0.3 is 0 Å². The Kier molecular flexibility index (Phi) is 6.17. The van der Waals surface area contributed by atoms with Crippen LogP contribution in [0.3, 0.4) is 0 Å². The van der Waals surface area contributed by atoms with Gasteiger partial charge in [0.2, 0.25) is 5.91 Å². The molecule has 1 heterocycles. The fraction of sp³-hybridized carbons (Fsp3) is 0.619. The van der Waals surface area contributed by atoms with E-state index in [1.807, 2.05) is 26.1 Å². The molecule has 0 aromatic heterocycles. The number of nitrogens with one attached hydrogen (secondary N) is 2. The molecule has 142 valence electrons. The van der Waals surface area contributed by atoms with Crippen LogP contribution in [-0.2, 0) is 11.3 Å². The fourth-order valence-corrected chi connectivity index (χ4v) is 4.32. The molecule has 2 fully saturated rings. The average Bonchev–Trinajstić information content (AvgIpc) is 3.27. The predicted octanol–water partition coefficient (Wildman–Crippen LogP) is 3.77. The molecule has 26 heavy (non-hydrogen) atoms. The molecular weight excluding hydrogens is 324 g/mol. The van der Waals surface area contributed by atoms with Crippen molar-refractivity contribution in [3.63, 3.8) is 0 Å². The highest BCUT2D eigenvalue weighted by Gasteiger charge is 2.40. The van der Waals surface area contributed by atoms with Crippen LogP contribution in [0.25, 0.3) is 0 Å². The van der Waals surface area contributed by atoms with Gasteiger partial charge < -0.3 is 15.5 Å². The molecule has 3 rings (SSSR count). The molecule has 1 saturated heterocycles. The number of guanidine groups is 1. The van der Waals surface area contributed by atoms with Crippen molar-refractivity contribution in [3.05, 3.63) is 29.8 Å². The van der Waals surface area contributed by atoms with Gasteiger partial charge in [0.05, 0.1) is 0 Å². The van der Waals surface area contributed by atoms with Gasteiger partial charge in [0, 0.05) is 38.8 Å². The van der Waals surface area contributed by atoms with Gasteiger partial charge in [-0.05, 0) is 48.8 Å². The third kappa shape index (κ3) is 4.57. The molecule has 0 bridgehead atoms. The Labute approximate surface area is 157 Å². The van der Waals surface area contributed by atoms with Crippen molar-refractivity contribution in [1.82, 2.24) is 10.2 Å². The standard InChI is InChI=1S/C21H32N4O/c1-3-6-19(26)24-18-9-7-17(8-10-18)15-23-20(22-2)25-14-13-21(16-25)11-4-5-12-21/h7-10H,3-6,11-16H2,1-2H3,(H,22,23)(H,24,26). The first-order valence-corrected chi connectivity index (χ1v) is 9.98. The third-order valence-electron chi connectivity index (χ3n) is 5.78. The van der Waals surface area contributed by atoms with E-state index in [0.717, 1.165) is 37.7 Å². The Morgan fingerprint density at radius 1 is 1.19 bits per heavy atom. The summed E-state index contributed by atoms with van der Waals surface area (Å²) in [6, 6.07) is 8.06. The number of anilines is 1. The van der Waals surface area contributed by atoms with E-state index >= 15 is 0 Å². The van der Waals surface area contributed by atoms with Gasteiger partial charge in [-0.2, -0.15) is 0 Å². The van der Waals surface area contributed by atoms with Crippen LogP contribution in [0.2, 0.25) is 0 Å². The summed E-state index contributed by atoms with van der Waals surface area (Å²) < 4.78 is 0. The van der Waals surface area contributed by atoms with Gasteiger partial charge in [0.1, 0.15) is 0 Å². The Morgan fingerprint density at radius 3 is 2.58 bits per heavy atom. The number of hydrogen-bond donors (Lipinski definition) is 2. The molecule has 1 aliphatic heterocycles. The van der Waals surface area contributed by atoms with Crippen molar-refractivity contribution >= 4 is 17.6 Å². The van der Waals surface area contributed by atoms with E-state index < -0.39 is 0 Å². The van der Waals surface area contributed by atoms with Gasteiger partial charge in [-0.1, -0.05) is 31.9 Å². The number of aliphatic imine (C=N–C) groups is 1. The van der Waals surface area contributed by atoms with Crippen molar-refractivity contribution < 1.29 is 4.79 Å². The van der Waals surface area contributed by atoms with E-state index in [4.69, 9.17) is 0 Å². The van der Waals surface area contributed by atoms with E-state index in [-0.39, 0.29) is 5.91 Å². The summed E-state index contributed by atoms with van der Waals surface area (Å²) in [7, 11) is 1.87. The molecule has 0 atom stereocenters. The lowest BCUT2D eigenvalue weighted by molar-refractivity contribution is -0.116. The van der Waals surface area contributed by atoms with E-state index in [1.165, 1.54) is 37.7 Å². The summed E-state index contributed by atoms with van der Waals surface area (Å²) in [6.45, 7) is 5.02. The molecule has 2 N–H and O–H groups in total. The monoisotopic (exact) mass is 356 g/mol. The minimum absolute atomic E-state index is 0.0775. The normalized spacial score (nSPS) is 19.2. The summed E-state index contributed by atoms with van der Waals surface area (Å²) in [5.74, 6) is 1.09. The van der Waals surface area contributed by atoms with Crippen LogP contribution in [0.4, 0.5) is 5.69 Å². The summed E-state index contributed by atoms with van der Waals surface area (Å²) in [4.78, 5) is 18.6. The van der Waals surface area contributed by atoms with Crippen molar-refractivity contribution in [1.29, 1.82) is 0 Å². The number of amides is 1. The number of carbonyl (C=O) groups is 1. The molecule has 1 amide bonds. The quantitative estimate of drug-likeness (QED) is 0.624. The van der Waals surface area contributed by atoms with Crippen LogP contribution in [0.15, 0.2) is 29.3 Å². The maximum Gasteiger partial charge on any atom is 0.224 e. The first-order valence-electron chi connectivity index (χ1n) is 9.98. The van der Waals surface area contributed by atoms with E-state index in [0.29, 0.717) is 11.8 Å². The van der Waals surface area contributed by atoms with Crippen molar-refractivity contribution in [2.75, 3.05) is 25.5 Å². The number of likely N-dealkylation sites (tertiary alicyclic amines) is 1. The largest absolute Gasteiger partial charge is 0.352 e. The Bertz CT molecular complexity index is 632. The molecule has 2 aliphatic rings. The molecule has 0 radical (unpaired) electrons. The number of rotatable bonds is 5. The van der Waals surface area contributed by atoms with Crippen LogP contribution >= 0.6 is 0 Å². The average molecular weight is 357 g/mol. The first kappa shape index (κ1) is 18.7. The second kappa shape index (κ2) is 8.56.